The van der Waals surface area contributed by atoms with Gasteiger partial charge in [0, 0.05) is 31.5 Å². The van der Waals surface area contributed by atoms with Gasteiger partial charge in [0.1, 0.15) is 5.82 Å². The molecule has 20 heavy (non-hydrogen) atoms. The molecule has 0 saturated heterocycles. The molecule has 106 valence electrons. The first-order valence-corrected chi connectivity index (χ1v) is 6.56. The van der Waals surface area contributed by atoms with Gasteiger partial charge in [-0.1, -0.05) is 17.7 Å². The van der Waals surface area contributed by atoms with Gasteiger partial charge in [-0.25, -0.2) is 4.39 Å². The summed E-state index contributed by atoms with van der Waals surface area (Å²) in [5.41, 5.74) is 9.84. The highest BCUT2D eigenvalue weighted by molar-refractivity contribution is 6.31. The third-order valence-corrected chi connectivity index (χ3v) is 3.35. The molecule has 3 N–H and O–H groups in total. The number of hydrogen-bond donors (Lipinski definition) is 2. The van der Waals surface area contributed by atoms with E-state index in [1.54, 1.807) is 0 Å². The summed E-state index contributed by atoms with van der Waals surface area (Å²) in [6, 6.07) is 8.66. The molecule has 0 spiro atoms. The van der Waals surface area contributed by atoms with Gasteiger partial charge in [-0.15, -0.1) is 0 Å². The van der Waals surface area contributed by atoms with Crippen LogP contribution in [0.3, 0.4) is 0 Å². The van der Waals surface area contributed by atoms with E-state index in [9.17, 15) is 4.39 Å². The monoisotopic (exact) mass is 293 g/mol. The molecule has 5 heteroatoms. The Labute approximate surface area is 123 Å². The van der Waals surface area contributed by atoms with Crippen LogP contribution in [0.4, 0.5) is 27.1 Å². The second-order valence-electron chi connectivity index (χ2n) is 4.87. The fraction of sp³-hybridized carbons (Fsp3) is 0.200. The van der Waals surface area contributed by atoms with Crippen molar-refractivity contribution in [3.05, 3.63) is 46.7 Å². The fourth-order valence-electron chi connectivity index (χ4n) is 1.99. The Kier molecular flexibility index (Phi) is 4.04. The lowest BCUT2D eigenvalue weighted by atomic mass is 10.1. The average molecular weight is 294 g/mol. The Balaban J connectivity index is 2.35. The third-order valence-electron chi connectivity index (χ3n) is 3.06. The highest BCUT2D eigenvalue weighted by Gasteiger charge is 2.08. The number of nitrogen functional groups attached to an aromatic ring is 1. The topological polar surface area (TPSA) is 41.3 Å². The molecule has 0 amide bonds. The smallest absolute Gasteiger partial charge is 0.143 e. The molecule has 3 nitrogen and oxygen atoms in total. The molecule has 0 radical (unpaired) electrons. The van der Waals surface area contributed by atoms with E-state index in [2.05, 4.69) is 5.32 Å². The van der Waals surface area contributed by atoms with Crippen molar-refractivity contribution in [3.8, 4) is 0 Å². The molecule has 0 atom stereocenters. The van der Waals surface area contributed by atoms with Crippen molar-refractivity contribution in [2.45, 2.75) is 6.92 Å². The number of nitrogens with two attached hydrogens (primary N) is 1. The minimum Gasteiger partial charge on any atom is -0.397 e. The SMILES string of the molecule is Cc1ccc(Nc2cc(Cl)c(F)cc2N)cc1N(C)C. The van der Waals surface area contributed by atoms with Crippen molar-refractivity contribution < 1.29 is 4.39 Å². The second-order valence-corrected chi connectivity index (χ2v) is 5.28. The van der Waals surface area contributed by atoms with E-state index in [0.29, 0.717) is 11.4 Å². The van der Waals surface area contributed by atoms with Gasteiger partial charge >= 0.3 is 0 Å². The molecule has 2 aromatic rings. The van der Waals surface area contributed by atoms with Gasteiger partial charge in [-0.3, -0.25) is 0 Å². The molecule has 0 aliphatic rings. The van der Waals surface area contributed by atoms with Gasteiger partial charge in [0.05, 0.1) is 16.4 Å². The second kappa shape index (κ2) is 5.59. The molecular weight excluding hydrogens is 277 g/mol. The third kappa shape index (κ3) is 2.96. The van der Waals surface area contributed by atoms with Crippen LogP contribution in [0.15, 0.2) is 30.3 Å². The maximum atomic E-state index is 13.3. The van der Waals surface area contributed by atoms with Crippen molar-refractivity contribution in [2.75, 3.05) is 30.0 Å². The maximum Gasteiger partial charge on any atom is 0.143 e. The van der Waals surface area contributed by atoms with Crippen LogP contribution in [-0.2, 0) is 0 Å². The van der Waals surface area contributed by atoms with Crippen LogP contribution in [-0.4, -0.2) is 14.1 Å². The number of halogens is 2. The van der Waals surface area contributed by atoms with Crippen LogP contribution in [0.25, 0.3) is 0 Å². The van der Waals surface area contributed by atoms with Crippen molar-refractivity contribution in [1.29, 1.82) is 0 Å². The molecule has 0 aliphatic heterocycles. The minimum absolute atomic E-state index is 0.0432. The Morgan fingerprint density at radius 1 is 1.20 bits per heavy atom. The van der Waals surface area contributed by atoms with E-state index in [0.717, 1.165) is 11.4 Å². The fourth-order valence-corrected chi connectivity index (χ4v) is 2.16. The average Bonchev–Trinajstić information content (AvgIpc) is 2.37. The number of nitrogens with zero attached hydrogens (tertiary/aromatic N) is 1. The first-order valence-electron chi connectivity index (χ1n) is 6.18. The predicted octanol–water partition coefficient (Wildman–Crippen LogP) is 4.18. The molecule has 0 bridgehead atoms. The quantitative estimate of drug-likeness (QED) is 0.834. The summed E-state index contributed by atoms with van der Waals surface area (Å²) in [6.45, 7) is 2.04. The van der Waals surface area contributed by atoms with Crippen molar-refractivity contribution >= 4 is 34.4 Å². The largest absolute Gasteiger partial charge is 0.397 e. The number of anilines is 4. The summed E-state index contributed by atoms with van der Waals surface area (Å²) in [5, 5.41) is 3.20. The predicted molar refractivity (Wildman–Crippen MR) is 84.6 cm³/mol. The number of hydrogen-bond acceptors (Lipinski definition) is 3. The standard InChI is InChI=1S/C15H17ClFN3/c1-9-4-5-10(6-15(9)20(2)3)19-14-7-11(16)12(17)8-13(14)18/h4-8,19H,18H2,1-3H3. The van der Waals surface area contributed by atoms with Crippen molar-refractivity contribution in [2.24, 2.45) is 0 Å². The van der Waals surface area contributed by atoms with Crippen LogP contribution < -0.4 is 16.0 Å². The molecule has 2 aromatic carbocycles. The van der Waals surface area contributed by atoms with Gasteiger partial charge in [0.15, 0.2) is 0 Å². The zero-order valence-corrected chi connectivity index (χ0v) is 12.4. The van der Waals surface area contributed by atoms with Gasteiger partial charge in [-0.05, 0) is 30.7 Å². The highest BCUT2D eigenvalue weighted by Crippen LogP contribution is 2.30. The molecule has 0 unspecified atom stereocenters. The van der Waals surface area contributed by atoms with E-state index in [1.165, 1.54) is 17.7 Å². The Hall–Kier alpha value is -1.94. The Bertz CT molecular complexity index is 641. The molecule has 2 rings (SSSR count). The summed E-state index contributed by atoms with van der Waals surface area (Å²) < 4.78 is 13.3. The van der Waals surface area contributed by atoms with Crippen LogP contribution in [0.1, 0.15) is 5.56 Å². The minimum atomic E-state index is -0.521. The molecule has 0 heterocycles. The molecule has 0 saturated carbocycles. The zero-order chi connectivity index (χ0) is 14.9. The van der Waals surface area contributed by atoms with Crippen LogP contribution in [0.2, 0.25) is 5.02 Å². The summed E-state index contributed by atoms with van der Waals surface area (Å²) in [5.74, 6) is -0.521. The number of benzene rings is 2. The summed E-state index contributed by atoms with van der Waals surface area (Å²) in [6.07, 6.45) is 0. The summed E-state index contributed by atoms with van der Waals surface area (Å²) in [4.78, 5) is 2.03. The molecule has 0 aromatic heterocycles. The highest BCUT2D eigenvalue weighted by atomic mass is 35.5. The van der Waals surface area contributed by atoms with Gasteiger partial charge in [-0.2, -0.15) is 0 Å². The first-order chi connectivity index (χ1) is 9.38. The van der Waals surface area contributed by atoms with E-state index >= 15 is 0 Å². The van der Waals surface area contributed by atoms with E-state index in [1.807, 2.05) is 44.1 Å². The van der Waals surface area contributed by atoms with Gasteiger partial charge < -0.3 is 16.0 Å². The summed E-state index contributed by atoms with van der Waals surface area (Å²) >= 11 is 5.78. The zero-order valence-electron chi connectivity index (χ0n) is 11.7. The lowest BCUT2D eigenvalue weighted by molar-refractivity contribution is 0.629. The van der Waals surface area contributed by atoms with Gasteiger partial charge in [0.2, 0.25) is 0 Å². The summed E-state index contributed by atoms with van der Waals surface area (Å²) in [7, 11) is 3.96. The van der Waals surface area contributed by atoms with Crippen LogP contribution in [0.5, 0.6) is 0 Å². The molecular formula is C15H17ClFN3. The Morgan fingerprint density at radius 2 is 1.90 bits per heavy atom. The lowest BCUT2D eigenvalue weighted by Crippen LogP contribution is -2.10. The van der Waals surface area contributed by atoms with E-state index in [-0.39, 0.29) is 5.02 Å². The number of nitrogens with one attached hydrogen (secondary N) is 1. The number of rotatable bonds is 3. The number of aryl methyl sites for hydroxylation is 1. The molecule has 0 aliphatic carbocycles. The maximum absolute atomic E-state index is 13.3. The van der Waals surface area contributed by atoms with Crippen LogP contribution in [0, 0.1) is 12.7 Å². The molecule has 0 fully saturated rings. The van der Waals surface area contributed by atoms with Crippen molar-refractivity contribution in [1.82, 2.24) is 0 Å². The van der Waals surface area contributed by atoms with E-state index < -0.39 is 5.82 Å². The van der Waals surface area contributed by atoms with Crippen molar-refractivity contribution in [3.63, 3.8) is 0 Å². The first kappa shape index (κ1) is 14.5. The Morgan fingerprint density at radius 3 is 2.55 bits per heavy atom. The lowest BCUT2D eigenvalue weighted by Gasteiger charge is -2.18. The van der Waals surface area contributed by atoms with E-state index in [4.69, 9.17) is 17.3 Å². The van der Waals surface area contributed by atoms with Gasteiger partial charge in [0.25, 0.3) is 0 Å². The normalized spacial score (nSPS) is 10.4. The van der Waals surface area contributed by atoms with Crippen LogP contribution >= 0.6 is 11.6 Å².